The fraction of sp³-hybridized carbons (Fsp3) is 0.500. The number of ether oxygens (including phenoxy) is 2. The summed E-state index contributed by atoms with van der Waals surface area (Å²) in [6.07, 6.45) is -4.82. The number of benzene rings is 1. The van der Waals surface area contributed by atoms with E-state index in [1.54, 1.807) is 39.0 Å². The normalized spacial score (nSPS) is 18.9. The quantitative estimate of drug-likeness (QED) is 0.770. The molecule has 1 aromatic carbocycles. The monoisotopic (exact) mass is 426 g/mol. The number of carbonyl (C=O) groups excluding carboxylic acids is 1. The topological polar surface area (TPSA) is 77.4 Å². The summed E-state index contributed by atoms with van der Waals surface area (Å²) in [6.45, 7) is 5.35. The summed E-state index contributed by atoms with van der Waals surface area (Å²) in [5.41, 5.74) is -0.00931. The second kappa shape index (κ2) is 7.73. The van der Waals surface area contributed by atoms with Crippen LogP contribution in [0, 0.1) is 0 Å². The largest absolute Gasteiger partial charge is 0.493 e. The molecule has 10 heteroatoms. The molecule has 2 atom stereocenters. The maximum absolute atomic E-state index is 13.8. The van der Waals surface area contributed by atoms with Crippen LogP contribution in [0.1, 0.15) is 55.3 Å². The van der Waals surface area contributed by atoms with E-state index in [4.69, 9.17) is 9.47 Å². The van der Waals surface area contributed by atoms with E-state index < -0.39 is 29.7 Å². The lowest BCUT2D eigenvalue weighted by atomic mass is 9.96. The van der Waals surface area contributed by atoms with E-state index in [0.29, 0.717) is 17.1 Å². The van der Waals surface area contributed by atoms with Crippen molar-refractivity contribution < 1.29 is 27.4 Å². The van der Waals surface area contributed by atoms with E-state index >= 15 is 0 Å². The molecule has 2 aromatic rings. The average molecular weight is 426 g/mol. The molecule has 0 bridgehead atoms. The first-order chi connectivity index (χ1) is 13.9. The molecule has 1 aliphatic rings. The molecule has 0 radical (unpaired) electrons. The van der Waals surface area contributed by atoms with Gasteiger partial charge in [-0.25, -0.2) is 4.68 Å². The second-order valence-electron chi connectivity index (χ2n) is 8.17. The zero-order valence-corrected chi connectivity index (χ0v) is 17.4. The Hall–Kier alpha value is -2.91. The minimum Gasteiger partial charge on any atom is -0.493 e. The fourth-order valence-electron chi connectivity index (χ4n) is 3.38. The van der Waals surface area contributed by atoms with Gasteiger partial charge in [0.1, 0.15) is 5.82 Å². The molecule has 2 heterocycles. The number of rotatable bonds is 4. The Bertz CT molecular complexity index is 934. The number of carbonyl (C=O) groups is 1. The molecule has 0 spiro atoms. The molecule has 0 saturated carbocycles. The predicted molar refractivity (Wildman–Crippen MR) is 105 cm³/mol. The van der Waals surface area contributed by atoms with Crippen LogP contribution in [0.2, 0.25) is 0 Å². The zero-order chi connectivity index (χ0) is 22.3. The van der Waals surface area contributed by atoms with Gasteiger partial charge in [0.2, 0.25) is 0 Å². The van der Waals surface area contributed by atoms with Crippen LogP contribution in [0.4, 0.5) is 19.0 Å². The first-order valence-corrected chi connectivity index (χ1v) is 9.40. The van der Waals surface area contributed by atoms with Gasteiger partial charge >= 0.3 is 6.18 Å². The summed E-state index contributed by atoms with van der Waals surface area (Å²) < 4.78 is 52.8. The minimum absolute atomic E-state index is 0.0744. The number of fused-ring (bicyclic) bond motifs is 1. The Labute approximate surface area is 172 Å². The molecule has 7 nitrogen and oxygen atoms in total. The van der Waals surface area contributed by atoms with Crippen molar-refractivity contribution in [2.75, 3.05) is 19.5 Å². The molecule has 1 amide bonds. The highest BCUT2D eigenvalue weighted by Crippen LogP contribution is 2.44. The fourth-order valence-corrected chi connectivity index (χ4v) is 3.38. The standard InChI is InChI=1S/C20H25F3N4O3/c1-19(2,3)25-18(28)13-10-17-24-12(9-16(20(21,22)23)27(17)26-13)11-6-7-14(29-4)15(8-11)30-5/h6-8,10,12,16,24H,9H2,1-5H3,(H,25,28). The van der Waals surface area contributed by atoms with Crippen molar-refractivity contribution in [3.8, 4) is 11.5 Å². The van der Waals surface area contributed by atoms with Crippen LogP contribution in [0.5, 0.6) is 11.5 Å². The van der Waals surface area contributed by atoms with Crippen LogP contribution in [0.3, 0.4) is 0 Å². The van der Waals surface area contributed by atoms with E-state index in [1.807, 2.05) is 0 Å². The molecule has 2 unspecified atom stereocenters. The molecule has 0 aliphatic carbocycles. The average Bonchev–Trinajstić information content (AvgIpc) is 3.08. The summed E-state index contributed by atoms with van der Waals surface area (Å²) in [5.74, 6) is 0.498. The van der Waals surface area contributed by atoms with Crippen molar-refractivity contribution in [1.29, 1.82) is 0 Å². The minimum atomic E-state index is -4.53. The molecule has 30 heavy (non-hydrogen) atoms. The maximum atomic E-state index is 13.8. The lowest BCUT2D eigenvalue weighted by molar-refractivity contribution is -0.173. The third-order valence-electron chi connectivity index (χ3n) is 4.72. The van der Waals surface area contributed by atoms with Crippen LogP contribution >= 0.6 is 0 Å². The molecular formula is C20H25F3N4O3. The predicted octanol–water partition coefficient (Wildman–Crippen LogP) is 4.09. The maximum Gasteiger partial charge on any atom is 0.410 e. The van der Waals surface area contributed by atoms with Crippen LogP contribution < -0.4 is 20.1 Å². The van der Waals surface area contributed by atoms with Gasteiger partial charge in [-0.3, -0.25) is 4.79 Å². The molecule has 0 saturated heterocycles. The summed E-state index contributed by atoms with van der Waals surface area (Å²) in [5, 5.41) is 9.73. The number of nitrogens with one attached hydrogen (secondary N) is 2. The number of halogens is 3. The number of hydrogen-bond acceptors (Lipinski definition) is 5. The highest BCUT2D eigenvalue weighted by Gasteiger charge is 2.47. The zero-order valence-electron chi connectivity index (χ0n) is 17.4. The SMILES string of the molecule is COc1ccc(C2CC(C(F)(F)F)n3nc(C(=O)NC(C)(C)C)cc3N2)cc1OC. The molecule has 1 aliphatic heterocycles. The highest BCUT2D eigenvalue weighted by molar-refractivity contribution is 5.93. The Morgan fingerprint density at radius 1 is 1.17 bits per heavy atom. The van der Waals surface area contributed by atoms with Crippen molar-refractivity contribution in [2.45, 2.75) is 51.0 Å². The smallest absolute Gasteiger partial charge is 0.410 e. The van der Waals surface area contributed by atoms with Crippen molar-refractivity contribution in [3.05, 3.63) is 35.5 Å². The summed E-state index contributed by atoms with van der Waals surface area (Å²) >= 11 is 0. The Balaban J connectivity index is 1.97. The third kappa shape index (κ3) is 4.47. The lowest BCUT2D eigenvalue weighted by Gasteiger charge is -2.33. The van der Waals surface area contributed by atoms with Crippen molar-refractivity contribution >= 4 is 11.7 Å². The Morgan fingerprint density at radius 3 is 2.40 bits per heavy atom. The molecule has 1 aromatic heterocycles. The number of methoxy groups -OCH3 is 2. The summed E-state index contributed by atoms with van der Waals surface area (Å²) in [7, 11) is 2.95. The van der Waals surface area contributed by atoms with Gasteiger partial charge < -0.3 is 20.1 Å². The van der Waals surface area contributed by atoms with Gasteiger partial charge in [0.05, 0.1) is 20.3 Å². The first-order valence-electron chi connectivity index (χ1n) is 9.40. The number of anilines is 1. The Morgan fingerprint density at radius 2 is 1.83 bits per heavy atom. The lowest BCUT2D eigenvalue weighted by Crippen LogP contribution is -2.41. The number of alkyl halides is 3. The van der Waals surface area contributed by atoms with Crippen LogP contribution in [-0.4, -0.2) is 41.6 Å². The molecule has 3 rings (SSSR count). The van der Waals surface area contributed by atoms with Crippen LogP contribution in [0.25, 0.3) is 0 Å². The number of amides is 1. The van der Waals surface area contributed by atoms with Gasteiger partial charge in [-0.15, -0.1) is 0 Å². The number of nitrogens with zero attached hydrogens (tertiary/aromatic N) is 2. The third-order valence-corrected chi connectivity index (χ3v) is 4.72. The van der Waals surface area contributed by atoms with Gasteiger partial charge in [-0.2, -0.15) is 18.3 Å². The van der Waals surface area contributed by atoms with Crippen LogP contribution in [-0.2, 0) is 0 Å². The molecule has 0 fully saturated rings. The van der Waals surface area contributed by atoms with E-state index in [2.05, 4.69) is 15.7 Å². The van der Waals surface area contributed by atoms with Gasteiger partial charge in [-0.05, 0) is 38.5 Å². The van der Waals surface area contributed by atoms with E-state index in [-0.39, 0.29) is 17.9 Å². The van der Waals surface area contributed by atoms with E-state index in [9.17, 15) is 18.0 Å². The van der Waals surface area contributed by atoms with Gasteiger partial charge in [-0.1, -0.05) is 6.07 Å². The highest BCUT2D eigenvalue weighted by atomic mass is 19.4. The molecule has 2 N–H and O–H groups in total. The van der Waals surface area contributed by atoms with Crippen LogP contribution in [0.15, 0.2) is 24.3 Å². The first kappa shape index (κ1) is 21.8. The van der Waals surface area contributed by atoms with Gasteiger partial charge in [0, 0.05) is 18.0 Å². The summed E-state index contributed by atoms with van der Waals surface area (Å²) in [6, 6.07) is 3.79. The molecule has 164 valence electrons. The molecular weight excluding hydrogens is 401 g/mol. The summed E-state index contributed by atoms with van der Waals surface area (Å²) in [4.78, 5) is 12.4. The van der Waals surface area contributed by atoms with Gasteiger partial charge in [0.15, 0.2) is 23.2 Å². The second-order valence-corrected chi connectivity index (χ2v) is 8.17. The van der Waals surface area contributed by atoms with Gasteiger partial charge in [0.25, 0.3) is 5.91 Å². The van der Waals surface area contributed by atoms with Crippen molar-refractivity contribution in [3.63, 3.8) is 0 Å². The number of aromatic nitrogens is 2. The number of hydrogen-bond donors (Lipinski definition) is 2. The Kier molecular flexibility index (Phi) is 5.62. The van der Waals surface area contributed by atoms with Crippen molar-refractivity contribution in [2.24, 2.45) is 0 Å². The van der Waals surface area contributed by atoms with E-state index in [1.165, 1.54) is 20.3 Å². The van der Waals surface area contributed by atoms with Crippen molar-refractivity contribution in [1.82, 2.24) is 15.1 Å². The van der Waals surface area contributed by atoms with E-state index in [0.717, 1.165) is 4.68 Å².